The monoisotopic (exact) mass is 285 g/mol. The molecule has 106 valence electrons. The molecule has 0 radical (unpaired) electrons. The number of aliphatic carboxylic acids is 1. The van der Waals surface area contributed by atoms with Gasteiger partial charge in [0.05, 0.1) is 5.75 Å². The van der Waals surface area contributed by atoms with Crippen LogP contribution in [0.5, 0.6) is 0 Å². The first-order chi connectivity index (χ1) is 8.88. The van der Waals surface area contributed by atoms with Crippen LogP contribution in [0.1, 0.15) is 25.6 Å². The number of carbonyl (C=O) groups is 2. The number of carbonyl (C=O) groups excluding carboxylic acids is 1. The summed E-state index contributed by atoms with van der Waals surface area (Å²) in [4.78, 5) is 28.4. The van der Waals surface area contributed by atoms with Gasteiger partial charge >= 0.3 is 5.97 Å². The number of nitrogens with zero attached hydrogens (tertiary/aromatic N) is 3. The Kier molecular flexibility index (Phi) is 5.41. The molecule has 0 saturated carbocycles. The van der Waals surface area contributed by atoms with Gasteiger partial charge in [0.25, 0.3) is 0 Å². The molecule has 1 N–H and O–H groups in total. The van der Waals surface area contributed by atoms with Crippen molar-refractivity contribution in [1.29, 1.82) is 0 Å². The highest BCUT2D eigenvalue weighted by Gasteiger charge is 2.22. The zero-order valence-electron chi connectivity index (χ0n) is 11.6. The predicted molar refractivity (Wildman–Crippen MR) is 73.4 cm³/mol. The normalized spacial score (nSPS) is 12.2. The second-order valence-corrected chi connectivity index (χ2v) is 5.29. The van der Waals surface area contributed by atoms with Gasteiger partial charge < -0.3 is 14.6 Å². The number of carboxylic acids is 1. The molecule has 1 atom stereocenters. The Hall–Kier alpha value is -1.50. The molecular weight excluding hydrogens is 266 g/mol. The zero-order chi connectivity index (χ0) is 14.6. The van der Waals surface area contributed by atoms with Gasteiger partial charge in [-0.1, -0.05) is 18.7 Å². The molecule has 6 nitrogen and oxygen atoms in total. The Labute approximate surface area is 116 Å². The number of rotatable bonds is 6. The van der Waals surface area contributed by atoms with Crippen molar-refractivity contribution in [1.82, 2.24) is 14.5 Å². The standard InChI is InChI=1S/C12H19N3O3S/c1-5-9-6-13-12(19-7-10(16)17)15(9)8(2)11(18)14(3)4/h6,8H,5,7H2,1-4H3,(H,16,17). The number of aryl methyl sites for hydroxylation is 1. The summed E-state index contributed by atoms with van der Waals surface area (Å²) >= 11 is 1.13. The number of likely N-dealkylation sites (N-methyl/N-ethyl adjacent to an activating group) is 1. The number of carboxylic acid groups (broad SMARTS) is 1. The van der Waals surface area contributed by atoms with Gasteiger partial charge in [0.15, 0.2) is 5.16 Å². The van der Waals surface area contributed by atoms with E-state index >= 15 is 0 Å². The molecule has 0 aliphatic rings. The first kappa shape index (κ1) is 15.6. The Morgan fingerprint density at radius 3 is 2.63 bits per heavy atom. The Morgan fingerprint density at radius 1 is 1.53 bits per heavy atom. The van der Waals surface area contributed by atoms with Crippen molar-refractivity contribution >= 4 is 23.6 Å². The van der Waals surface area contributed by atoms with E-state index < -0.39 is 5.97 Å². The molecule has 0 fully saturated rings. The van der Waals surface area contributed by atoms with Crippen molar-refractivity contribution in [3.05, 3.63) is 11.9 Å². The van der Waals surface area contributed by atoms with E-state index in [-0.39, 0.29) is 17.7 Å². The van der Waals surface area contributed by atoms with Crippen LogP contribution in [-0.2, 0) is 16.0 Å². The SMILES string of the molecule is CCc1cnc(SCC(=O)O)n1C(C)C(=O)N(C)C. The predicted octanol–water partition coefficient (Wildman–Crippen LogP) is 1.27. The molecule has 0 spiro atoms. The quantitative estimate of drug-likeness (QED) is 0.797. The van der Waals surface area contributed by atoms with E-state index in [1.54, 1.807) is 27.2 Å². The smallest absolute Gasteiger partial charge is 0.313 e. The molecule has 1 aromatic rings. The number of aromatic nitrogens is 2. The molecule has 1 aromatic heterocycles. The number of hydrogen-bond acceptors (Lipinski definition) is 4. The topological polar surface area (TPSA) is 75.4 Å². The van der Waals surface area contributed by atoms with Gasteiger partial charge in [0, 0.05) is 26.0 Å². The van der Waals surface area contributed by atoms with Gasteiger partial charge in [-0.3, -0.25) is 9.59 Å². The first-order valence-electron chi connectivity index (χ1n) is 6.00. The highest BCUT2D eigenvalue weighted by Crippen LogP contribution is 2.24. The summed E-state index contributed by atoms with van der Waals surface area (Å²) in [5, 5.41) is 9.30. The molecule has 1 unspecified atom stereocenters. The third kappa shape index (κ3) is 3.73. The maximum Gasteiger partial charge on any atom is 0.313 e. The average molecular weight is 285 g/mol. The minimum atomic E-state index is -0.899. The Bertz CT molecular complexity index is 471. The maximum atomic E-state index is 12.1. The third-order valence-corrected chi connectivity index (χ3v) is 3.66. The van der Waals surface area contributed by atoms with Gasteiger partial charge in [-0.25, -0.2) is 4.98 Å². The van der Waals surface area contributed by atoms with Crippen LogP contribution < -0.4 is 0 Å². The third-order valence-electron chi connectivity index (χ3n) is 2.71. The van der Waals surface area contributed by atoms with Crippen LogP contribution >= 0.6 is 11.8 Å². The number of imidazole rings is 1. The largest absolute Gasteiger partial charge is 0.481 e. The molecule has 0 bridgehead atoms. The molecule has 7 heteroatoms. The van der Waals surface area contributed by atoms with Crippen LogP contribution in [0, 0.1) is 0 Å². The molecule has 1 rings (SSSR count). The van der Waals surface area contributed by atoms with E-state index in [4.69, 9.17) is 5.11 Å². The lowest BCUT2D eigenvalue weighted by Gasteiger charge is -2.21. The second-order valence-electron chi connectivity index (χ2n) is 4.35. The summed E-state index contributed by atoms with van der Waals surface area (Å²) in [5.74, 6) is -1.00. The highest BCUT2D eigenvalue weighted by atomic mass is 32.2. The summed E-state index contributed by atoms with van der Waals surface area (Å²) in [6.45, 7) is 3.78. The van der Waals surface area contributed by atoms with Crippen LogP contribution in [0.15, 0.2) is 11.4 Å². The number of thioether (sulfide) groups is 1. The van der Waals surface area contributed by atoms with Crippen LogP contribution in [0.3, 0.4) is 0 Å². The maximum absolute atomic E-state index is 12.1. The van der Waals surface area contributed by atoms with Crippen LogP contribution in [0.4, 0.5) is 0 Å². The fourth-order valence-electron chi connectivity index (χ4n) is 1.77. The lowest BCUT2D eigenvalue weighted by Crippen LogP contribution is -2.31. The molecule has 1 amide bonds. The molecule has 19 heavy (non-hydrogen) atoms. The van der Waals surface area contributed by atoms with Crippen LogP contribution in [-0.4, -0.2) is 51.3 Å². The minimum absolute atomic E-state index is 0.0372. The van der Waals surface area contributed by atoms with Crippen molar-refractivity contribution in [2.45, 2.75) is 31.5 Å². The fourth-order valence-corrected chi connectivity index (χ4v) is 2.56. The highest BCUT2D eigenvalue weighted by molar-refractivity contribution is 7.99. The molecule has 0 aliphatic heterocycles. The molecular formula is C12H19N3O3S. The van der Waals surface area contributed by atoms with Gasteiger partial charge in [0.1, 0.15) is 6.04 Å². The number of amides is 1. The van der Waals surface area contributed by atoms with Gasteiger partial charge in [-0.05, 0) is 13.3 Å². The van der Waals surface area contributed by atoms with Crippen molar-refractivity contribution in [3.63, 3.8) is 0 Å². The zero-order valence-corrected chi connectivity index (χ0v) is 12.4. The first-order valence-corrected chi connectivity index (χ1v) is 6.98. The summed E-state index contributed by atoms with van der Waals surface area (Å²) < 4.78 is 1.82. The minimum Gasteiger partial charge on any atom is -0.481 e. The van der Waals surface area contributed by atoms with Crippen LogP contribution in [0.25, 0.3) is 0 Å². The van der Waals surface area contributed by atoms with Crippen molar-refractivity contribution in [3.8, 4) is 0 Å². The summed E-state index contributed by atoms with van der Waals surface area (Å²) in [6.07, 6.45) is 2.44. The second kappa shape index (κ2) is 6.60. The fraction of sp³-hybridized carbons (Fsp3) is 0.583. The van der Waals surface area contributed by atoms with E-state index in [1.165, 1.54) is 4.90 Å². The van der Waals surface area contributed by atoms with E-state index in [1.807, 2.05) is 11.5 Å². The molecule has 1 heterocycles. The van der Waals surface area contributed by atoms with E-state index in [0.29, 0.717) is 5.16 Å². The molecule has 0 aliphatic carbocycles. The van der Waals surface area contributed by atoms with Crippen molar-refractivity contribution < 1.29 is 14.7 Å². The number of hydrogen-bond donors (Lipinski definition) is 1. The lowest BCUT2D eigenvalue weighted by molar-refractivity contribution is -0.134. The lowest BCUT2D eigenvalue weighted by atomic mass is 10.2. The van der Waals surface area contributed by atoms with Crippen LogP contribution in [0.2, 0.25) is 0 Å². The van der Waals surface area contributed by atoms with E-state index in [2.05, 4.69) is 4.98 Å². The van der Waals surface area contributed by atoms with Crippen molar-refractivity contribution in [2.75, 3.05) is 19.8 Å². The summed E-state index contributed by atoms with van der Waals surface area (Å²) in [6, 6.07) is -0.385. The Morgan fingerprint density at radius 2 is 2.16 bits per heavy atom. The molecule has 0 saturated heterocycles. The summed E-state index contributed by atoms with van der Waals surface area (Å²) in [7, 11) is 3.40. The average Bonchev–Trinajstić information content (AvgIpc) is 2.77. The molecule has 0 aromatic carbocycles. The van der Waals surface area contributed by atoms with E-state index in [0.717, 1.165) is 23.9 Å². The summed E-state index contributed by atoms with van der Waals surface area (Å²) in [5.41, 5.74) is 0.926. The van der Waals surface area contributed by atoms with Gasteiger partial charge in [-0.15, -0.1) is 0 Å². The van der Waals surface area contributed by atoms with Crippen molar-refractivity contribution in [2.24, 2.45) is 0 Å². The van der Waals surface area contributed by atoms with E-state index in [9.17, 15) is 9.59 Å². The Balaban J connectivity index is 3.04. The van der Waals surface area contributed by atoms with Gasteiger partial charge in [-0.2, -0.15) is 0 Å². The van der Waals surface area contributed by atoms with Gasteiger partial charge in [0.2, 0.25) is 5.91 Å².